The Kier molecular flexibility index (Phi) is 2.61. The summed E-state index contributed by atoms with van der Waals surface area (Å²) >= 11 is 0. The number of pyridine rings is 2. The van der Waals surface area contributed by atoms with Gasteiger partial charge in [-0.05, 0) is 18.2 Å². The van der Waals surface area contributed by atoms with Crippen molar-refractivity contribution >= 4 is 5.97 Å². The second kappa shape index (κ2) is 4.09. The lowest BCUT2D eigenvalue weighted by atomic mass is 10.2. The second-order valence-electron chi connectivity index (χ2n) is 3.26. The highest BCUT2D eigenvalue weighted by atomic mass is 16.4. The zero-order valence-electron chi connectivity index (χ0n) is 8.57. The van der Waals surface area contributed by atoms with Crippen LogP contribution in [0.25, 0.3) is 5.69 Å². The van der Waals surface area contributed by atoms with Crippen molar-refractivity contribution < 1.29 is 15.0 Å². The van der Waals surface area contributed by atoms with E-state index in [9.17, 15) is 14.7 Å². The first-order chi connectivity index (χ1) is 8.11. The summed E-state index contributed by atoms with van der Waals surface area (Å²) in [4.78, 5) is 26.5. The largest absolute Gasteiger partial charge is 0.507 e. The number of rotatable bonds is 2. The van der Waals surface area contributed by atoms with Gasteiger partial charge in [-0.1, -0.05) is 0 Å². The number of hydrogen-bond acceptors (Lipinski definition) is 4. The maximum Gasteiger partial charge on any atom is 0.345 e. The molecule has 0 aliphatic carbocycles. The molecule has 0 amide bonds. The van der Waals surface area contributed by atoms with Gasteiger partial charge in [0.15, 0.2) is 5.56 Å². The first kappa shape index (κ1) is 10.9. The van der Waals surface area contributed by atoms with E-state index in [-0.39, 0.29) is 0 Å². The average Bonchev–Trinajstić information content (AvgIpc) is 2.30. The summed E-state index contributed by atoms with van der Waals surface area (Å²) in [6.07, 6.45) is 4.27. The number of nitrogens with zero attached hydrogens (tertiary/aromatic N) is 2. The zero-order valence-corrected chi connectivity index (χ0v) is 8.57. The monoisotopic (exact) mass is 232 g/mol. The maximum absolute atomic E-state index is 11.8. The lowest BCUT2D eigenvalue weighted by Gasteiger charge is -2.06. The molecule has 0 spiro atoms. The van der Waals surface area contributed by atoms with Crippen molar-refractivity contribution in [3.63, 3.8) is 0 Å². The molecular formula is C11H8N2O4. The Morgan fingerprint density at radius 2 is 1.88 bits per heavy atom. The van der Waals surface area contributed by atoms with Gasteiger partial charge in [-0.15, -0.1) is 0 Å². The van der Waals surface area contributed by atoms with Crippen LogP contribution in [0.1, 0.15) is 10.4 Å². The van der Waals surface area contributed by atoms with E-state index in [1.807, 2.05) is 0 Å². The first-order valence-corrected chi connectivity index (χ1v) is 4.69. The highest BCUT2D eigenvalue weighted by Gasteiger charge is 2.16. The van der Waals surface area contributed by atoms with E-state index < -0.39 is 22.8 Å². The third-order valence-corrected chi connectivity index (χ3v) is 2.23. The van der Waals surface area contributed by atoms with Gasteiger partial charge >= 0.3 is 5.97 Å². The fraction of sp³-hybridized carbons (Fsp3) is 0. The second-order valence-corrected chi connectivity index (χ2v) is 3.26. The normalized spacial score (nSPS) is 10.1. The number of hydrogen-bond donors (Lipinski definition) is 2. The van der Waals surface area contributed by atoms with Gasteiger partial charge in [0.25, 0.3) is 5.56 Å². The highest BCUT2D eigenvalue weighted by molar-refractivity contribution is 5.90. The topological polar surface area (TPSA) is 92.4 Å². The third kappa shape index (κ3) is 1.87. The van der Waals surface area contributed by atoms with Crippen LogP contribution in [0.15, 0.2) is 41.6 Å². The summed E-state index contributed by atoms with van der Waals surface area (Å²) < 4.78 is 1.13. The van der Waals surface area contributed by atoms with Crippen molar-refractivity contribution in [2.75, 3.05) is 0 Å². The minimum absolute atomic E-state index is 0.479. The van der Waals surface area contributed by atoms with E-state index in [0.717, 1.165) is 10.6 Å². The molecule has 0 aliphatic rings. The van der Waals surface area contributed by atoms with Crippen LogP contribution >= 0.6 is 0 Å². The molecule has 0 saturated carbocycles. The Labute approximate surface area is 95.4 Å². The van der Waals surface area contributed by atoms with Crippen LogP contribution in [-0.4, -0.2) is 25.7 Å². The first-order valence-electron chi connectivity index (χ1n) is 4.69. The molecule has 0 unspecified atom stereocenters. The molecule has 2 N–H and O–H groups in total. The lowest BCUT2D eigenvalue weighted by molar-refractivity contribution is 0.0691. The Hall–Kier alpha value is -2.63. The Morgan fingerprint density at radius 3 is 2.47 bits per heavy atom. The summed E-state index contributed by atoms with van der Waals surface area (Å²) in [5.74, 6) is -2.01. The van der Waals surface area contributed by atoms with Crippen LogP contribution in [0, 0.1) is 0 Å². The Bertz CT molecular complexity index is 619. The van der Waals surface area contributed by atoms with Crippen LogP contribution in [0.3, 0.4) is 0 Å². The van der Waals surface area contributed by atoms with Gasteiger partial charge in [-0.2, -0.15) is 0 Å². The molecule has 0 bridgehead atoms. The molecule has 0 fully saturated rings. The van der Waals surface area contributed by atoms with Gasteiger partial charge in [-0.25, -0.2) is 4.79 Å². The van der Waals surface area contributed by atoms with E-state index >= 15 is 0 Å². The molecule has 0 aliphatic heterocycles. The van der Waals surface area contributed by atoms with E-state index in [4.69, 9.17) is 5.11 Å². The summed E-state index contributed by atoms with van der Waals surface area (Å²) in [6, 6.07) is 4.28. The van der Waals surface area contributed by atoms with Crippen molar-refractivity contribution in [1.29, 1.82) is 0 Å². The van der Waals surface area contributed by atoms with Crippen LogP contribution < -0.4 is 5.56 Å². The highest BCUT2D eigenvalue weighted by Crippen LogP contribution is 2.13. The van der Waals surface area contributed by atoms with Gasteiger partial charge in [0.05, 0.1) is 5.69 Å². The van der Waals surface area contributed by atoms with Crippen LogP contribution in [0.2, 0.25) is 0 Å². The van der Waals surface area contributed by atoms with Gasteiger partial charge in [0.2, 0.25) is 0 Å². The fourth-order valence-electron chi connectivity index (χ4n) is 1.44. The fourth-order valence-corrected chi connectivity index (χ4v) is 1.44. The van der Waals surface area contributed by atoms with E-state index in [1.165, 1.54) is 18.6 Å². The minimum atomic E-state index is -1.46. The van der Waals surface area contributed by atoms with Crippen molar-refractivity contribution in [1.82, 2.24) is 9.55 Å². The number of carboxylic acid groups (broad SMARTS) is 1. The van der Waals surface area contributed by atoms with Crippen molar-refractivity contribution in [3.8, 4) is 11.4 Å². The van der Waals surface area contributed by atoms with E-state index in [1.54, 1.807) is 12.1 Å². The molecule has 6 nitrogen and oxygen atoms in total. The summed E-state index contributed by atoms with van der Waals surface area (Å²) in [6.45, 7) is 0. The van der Waals surface area contributed by atoms with Crippen LogP contribution in [0.5, 0.6) is 5.75 Å². The molecule has 17 heavy (non-hydrogen) atoms. The molecular weight excluding hydrogens is 224 g/mol. The summed E-state index contributed by atoms with van der Waals surface area (Å²) in [5, 5.41) is 18.2. The number of aromatic hydroxyl groups is 1. The van der Waals surface area contributed by atoms with Crippen LogP contribution in [-0.2, 0) is 0 Å². The van der Waals surface area contributed by atoms with Gasteiger partial charge in [0.1, 0.15) is 5.75 Å². The predicted octanol–water partition coefficient (Wildman–Crippen LogP) is 0.636. The average molecular weight is 232 g/mol. The van der Waals surface area contributed by atoms with Crippen molar-refractivity contribution in [3.05, 3.63) is 52.7 Å². The minimum Gasteiger partial charge on any atom is -0.507 e. The SMILES string of the molecule is O=C(O)c1c(O)ccn(-c2ccncc2)c1=O. The molecule has 6 heteroatoms. The van der Waals surface area contributed by atoms with E-state index in [0.29, 0.717) is 5.69 Å². The summed E-state index contributed by atoms with van der Waals surface area (Å²) in [7, 11) is 0. The maximum atomic E-state index is 11.8. The third-order valence-electron chi connectivity index (χ3n) is 2.23. The Balaban J connectivity index is 2.71. The van der Waals surface area contributed by atoms with Gasteiger partial charge in [0, 0.05) is 18.6 Å². The molecule has 2 aromatic rings. The Morgan fingerprint density at radius 1 is 1.24 bits per heavy atom. The molecule has 0 aromatic carbocycles. The summed E-state index contributed by atoms with van der Waals surface area (Å²) in [5.41, 5.74) is -0.958. The molecule has 2 aromatic heterocycles. The lowest BCUT2D eigenvalue weighted by Crippen LogP contribution is -2.24. The molecule has 2 heterocycles. The van der Waals surface area contributed by atoms with Gasteiger partial charge in [-0.3, -0.25) is 14.3 Å². The molecule has 86 valence electrons. The quantitative estimate of drug-likeness (QED) is 0.792. The molecule has 2 rings (SSSR count). The standard InChI is InChI=1S/C11H8N2O4/c14-8-3-6-13(7-1-4-12-5-2-7)10(15)9(8)11(16)17/h1-6,14H,(H,16,17). The predicted molar refractivity (Wildman–Crippen MR) is 58.5 cm³/mol. The van der Waals surface area contributed by atoms with Crippen molar-refractivity contribution in [2.24, 2.45) is 0 Å². The number of carbonyl (C=O) groups is 1. The zero-order chi connectivity index (χ0) is 12.4. The van der Waals surface area contributed by atoms with Crippen molar-refractivity contribution in [2.45, 2.75) is 0 Å². The smallest absolute Gasteiger partial charge is 0.345 e. The molecule has 0 radical (unpaired) electrons. The number of aromatic nitrogens is 2. The number of carboxylic acids is 1. The molecule has 0 atom stereocenters. The number of aromatic carboxylic acids is 1. The van der Waals surface area contributed by atoms with Crippen LogP contribution in [0.4, 0.5) is 0 Å². The van der Waals surface area contributed by atoms with E-state index in [2.05, 4.69) is 4.98 Å². The molecule has 0 saturated heterocycles. The van der Waals surface area contributed by atoms with Gasteiger partial charge < -0.3 is 10.2 Å².